The normalized spacial score (nSPS) is 23.2. The quantitative estimate of drug-likeness (QED) is 0.238. The number of ether oxygens (including phenoxy) is 4. The molecule has 1 saturated heterocycles. The van der Waals surface area contributed by atoms with Gasteiger partial charge in [-0.1, -0.05) is 6.07 Å². The van der Waals surface area contributed by atoms with Crippen LogP contribution in [-0.2, 0) is 29.0 Å². The van der Waals surface area contributed by atoms with Gasteiger partial charge >= 0.3 is 12.1 Å². The molecule has 1 saturated carbocycles. The molecule has 12 heteroatoms. The molecule has 0 unspecified atom stereocenters. The summed E-state index contributed by atoms with van der Waals surface area (Å²) in [5, 5.41) is -0.769. The average molecular weight is 640 g/mol. The summed E-state index contributed by atoms with van der Waals surface area (Å²) in [6, 6.07) is 5.20. The van der Waals surface area contributed by atoms with E-state index < -0.39 is 38.6 Å². The zero-order valence-electron chi connectivity index (χ0n) is 27.6. The minimum Gasteiger partial charge on any atom is -0.478 e. The first-order valence-electron chi connectivity index (χ1n) is 15.9. The van der Waals surface area contributed by atoms with Crippen LogP contribution in [0.25, 0.3) is 0 Å². The lowest BCUT2D eigenvalue weighted by Gasteiger charge is -2.41. The molecule has 0 bridgehead atoms. The molecule has 1 aromatic heterocycles. The summed E-state index contributed by atoms with van der Waals surface area (Å²) < 4.78 is 51.4. The Morgan fingerprint density at radius 2 is 1.66 bits per heavy atom. The first-order chi connectivity index (χ1) is 20.6. The van der Waals surface area contributed by atoms with Crippen molar-refractivity contribution in [3.8, 4) is 5.88 Å². The zero-order chi connectivity index (χ0) is 32.5. The minimum atomic E-state index is -3.62. The van der Waals surface area contributed by atoms with Gasteiger partial charge in [-0.25, -0.2) is 22.9 Å². The Labute approximate surface area is 263 Å². The van der Waals surface area contributed by atoms with Crippen molar-refractivity contribution in [1.82, 2.24) is 14.6 Å². The van der Waals surface area contributed by atoms with Crippen molar-refractivity contribution >= 4 is 22.1 Å². The Hall–Kier alpha value is -2.44. The van der Waals surface area contributed by atoms with Crippen LogP contribution in [0, 0.1) is 0 Å². The van der Waals surface area contributed by atoms with Crippen molar-refractivity contribution in [2.75, 3.05) is 26.8 Å². The van der Waals surface area contributed by atoms with Gasteiger partial charge in [0.25, 0.3) is 0 Å². The smallest absolute Gasteiger partial charge is 0.410 e. The number of rotatable bonds is 12. The van der Waals surface area contributed by atoms with Gasteiger partial charge < -0.3 is 23.8 Å². The molecule has 2 atom stereocenters. The van der Waals surface area contributed by atoms with E-state index in [2.05, 4.69) is 4.72 Å². The first-order valence-corrected chi connectivity index (χ1v) is 17.5. The number of aromatic nitrogens is 1. The fraction of sp³-hybridized carbons (Fsp3) is 0.781. The van der Waals surface area contributed by atoms with Crippen LogP contribution in [0.5, 0.6) is 5.88 Å². The topological polar surface area (TPSA) is 133 Å². The molecule has 11 nitrogen and oxygen atoms in total. The summed E-state index contributed by atoms with van der Waals surface area (Å²) in [4.78, 5) is 31.2. The van der Waals surface area contributed by atoms with Crippen molar-refractivity contribution in [2.45, 2.75) is 134 Å². The average Bonchev–Trinajstić information content (AvgIpc) is 2.94. The Kier molecular flexibility index (Phi) is 12.9. The van der Waals surface area contributed by atoms with E-state index in [1.54, 1.807) is 20.8 Å². The molecule has 1 amide bonds. The van der Waals surface area contributed by atoms with Crippen molar-refractivity contribution in [2.24, 2.45) is 0 Å². The standard InChI is InChI=1S/C32H53N3O8S/c1-31(2,3)42-29(36)15-8-9-21-40-28-14-10-12-25(34-28)23-16-18-24(19-17-23)41-22-26-27(44(38,39)33-7)13-11-20-35(26)30(37)43-32(4,5)6/h10,12,14,23-24,26-27,33H,8-9,11,13,15-22H2,1-7H3/t23?,24?,26-,27-/m0/s1. The minimum absolute atomic E-state index is 0.0315. The van der Waals surface area contributed by atoms with Gasteiger partial charge in [-0.3, -0.25) is 4.79 Å². The van der Waals surface area contributed by atoms with E-state index in [-0.39, 0.29) is 24.6 Å². The SMILES string of the molecule is CNS(=O)(=O)[C@H]1CCCN(C(=O)OC(C)(C)C)[C@H]1COC1CCC(c2cccc(OCCCCC(=O)OC(C)(C)C)n2)CC1. The van der Waals surface area contributed by atoms with Crippen molar-refractivity contribution < 1.29 is 37.0 Å². The van der Waals surface area contributed by atoms with E-state index in [0.29, 0.717) is 44.7 Å². The number of esters is 1. The predicted molar refractivity (Wildman–Crippen MR) is 168 cm³/mol. The summed E-state index contributed by atoms with van der Waals surface area (Å²) >= 11 is 0. The van der Waals surface area contributed by atoms with Crippen LogP contribution in [0.15, 0.2) is 18.2 Å². The number of nitrogens with zero attached hydrogens (tertiary/aromatic N) is 2. The van der Waals surface area contributed by atoms with Crippen molar-refractivity contribution in [3.05, 3.63) is 23.9 Å². The highest BCUT2D eigenvalue weighted by Crippen LogP contribution is 2.35. The molecule has 2 fully saturated rings. The fourth-order valence-electron chi connectivity index (χ4n) is 5.72. The molecule has 0 aromatic carbocycles. The lowest BCUT2D eigenvalue weighted by atomic mass is 9.85. The molecule has 3 rings (SSSR count). The van der Waals surface area contributed by atoms with Crippen LogP contribution < -0.4 is 9.46 Å². The second-order valence-corrected chi connectivity index (χ2v) is 15.9. The molecular weight excluding hydrogens is 586 g/mol. The maximum absolute atomic E-state index is 13.0. The number of carbonyl (C=O) groups excluding carboxylic acids is 2. The van der Waals surface area contributed by atoms with Crippen LogP contribution in [0.3, 0.4) is 0 Å². The summed E-state index contributed by atoms with van der Waals surface area (Å²) in [5.74, 6) is 0.657. The Bertz CT molecular complexity index is 1190. The van der Waals surface area contributed by atoms with Crippen LogP contribution >= 0.6 is 0 Å². The second kappa shape index (κ2) is 15.7. The maximum atomic E-state index is 13.0. The monoisotopic (exact) mass is 639 g/mol. The lowest BCUT2D eigenvalue weighted by Crippen LogP contribution is -2.58. The Balaban J connectivity index is 1.50. The van der Waals surface area contributed by atoms with Crippen LogP contribution in [-0.4, -0.2) is 85.8 Å². The third-order valence-corrected chi connectivity index (χ3v) is 9.73. The van der Waals surface area contributed by atoms with Gasteiger partial charge in [0, 0.05) is 30.6 Å². The van der Waals surface area contributed by atoms with Crippen molar-refractivity contribution in [3.63, 3.8) is 0 Å². The molecule has 250 valence electrons. The molecular formula is C32H53N3O8S. The third kappa shape index (κ3) is 11.5. The number of nitrogens with one attached hydrogen (secondary N) is 1. The van der Waals surface area contributed by atoms with E-state index in [1.807, 2.05) is 39.0 Å². The van der Waals surface area contributed by atoms with E-state index in [0.717, 1.165) is 37.8 Å². The van der Waals surface area contributed by atoms with Gasteiger partial charge in [0.05, 0.1) is 30.6 Å². The molecule has 1 aliphatic carbocycles. The summed E-state index contributed by atoms with van der Waals surface area (Å²) in [7, 11) is -2.22. The maximum Gasteiger partial charge on any atom is 0.410 e. The van der Waals surface area contributed by atoms with E-state index in [9.17, 15) is 18.0 Å². The molecule has 0 spiro atoms. The van der Waals surface area contributed by atoms with Gasteiger partial charge in [0.15, 0.2) is 0 Å². The highest BCUT2D eigenvalue weighted by Gasteiger charge is 2.43. The van der Waals surface area contributed by atoms with Crippen molar-refractivity contribution in [1.29, 1.82) is 0 Å². The number of unbranched alkanes of at least 4 members (excludes halogenated alkanes) is 1. The first kappa shape index (κ1) is 36.0. The molecule has 1 aromatic rings. The number of piperidine rings is 1. The van der Waals surface area contributed by atoms with Gasteiger partial charge in [-0.2, -0.15) is 0 Å². The fourth-order valence-corrected chi connectivity index (χ4v) is 7.14. The molecule has 1 aliphatic heterocycles. The van der Waals surface area contributed by atoms with Crippen LogP contribution in [0.4, 0.5) is 4.79 Å². The van der Waals surface area contributed by atoms with Gasteiger partial charge in [-0.05, 0) is 106 Å². The number of sulfonamides is 1. The van der Waals surface area contributed by atoms with E-state index >= 15 is 0 Å². The molecule has 44 heavy (non-hydrogen) atoms. The van der Waals surface area contributed by atoms with Crippen LogP contribution in [0.1, 0.15) is 111 Å². The summed E-state index contributed by atoms with van der Waals surface area (Å²) in [5.41, 5.74) is -0.174. The van der Waals surface area contributed by atoms with E-state index in [4.69, 9.17) is 23.9 Å². The molecule has 0 radical (unpaired) electrons. The van der Waals surface area contributed by atoms with Gasteiger partial charge in [0.2, 0.25) is 15.9 Å². The predicted octanol–water partition coefficient (Wildman–Crippen LogP) is 5.33. The third-order valence-electron chi connectivity index (χ3n) is 7.81. The lowest BCUT2D eigenvalue weighted by molar-refractivity contribution is -0.154. The Morgan fingerprint density at radius 3 is 2.30 bits per heavy atom. The highest BCUT2D eigenvalue weighted by molar-refractivity contribution is 7.90. The Morgan fingerprint density at radius 1 is 0.977 bits per heavy atom. The van der Waals surface area contributed by atoms with Crippen LogP contribution in [0.2, 0.25) is 0 Å². The van der Waals surface area contributed by atoms with Gasteiger partial charge in [-0.15, -0.1) is 0 Å². The van der Waals surface area contributed by atoms with E-state index in [1.165, 1.54) is 11.9 Å². The summed E-state index contributed by atoms with van der Waals surface area (Å²) in [6.45, 7) is 12.0. The largest absolute Gasteiger partial charge is 0.478 e. The number of pyridine rings is 1. The number of carbonyl (C=O) groups is 2. The molecule has 1 N–H and O–H groups in total. The molecule has 2 aliphatic rings. The highest BCUT2D eigenvalue weighted by atomic mass is 32.2. The number of amides is 1. The zero-order valence-corrected chi connectivity index (χ0v) is 28.4. The molecule has 2 heterocycles. The summed E-state index contributed by atoms with van der Waals surface area (Å²) in [6.07, 6.45) is 5.67. The number of hydrogen-bond acceptors (Lipinski definition) is 9. The van der Waals surface area contributed by atoms with Gasteiger partial charge in [0.1, 0.15) is 11.2 Å². The second-order valence-electron chi connectivity index (χ2n) is 13.8. The number of hydrogen-bond donors (Lipinski definition) is 1. The number of likely N-dealkylation sites (tertiary alicyclic amines) is 1.